The third kappa shape index (κ3) is 3.65. The molecule has 2 nitrogen and oxygen atoms in total. The molecule has 0 bridgehead atoms. The van der Waals surface area contributed by atoms with E-state index in [1.165, 1.54) is 0 Å². The van der Waals surface area contributed by atoms with Gasteiger partial charge in [0.25, 0.3) is 0 Å². The van der Waals surface area contributed by atoms with Crippen LogP contribution in [0.4, 0.5) is 0 Å². The molecule has 2 aromatic rings. The van der Waals surface area contributed by atoms with Gasteiger partial charge >= 0.3 is 0 Å². The van der Waals surface area contributed by atoms with Crippen LogP contribution in [-0.4, -0.2) is 12.9 Å². The Bertz CT molecular complexity index is 656. The molecule has 0 amide bonds. The number of hydrogen-bond donors (Lipinski definition) is 0. The molecule has 20 heavy (non-hydrogen) atoms. The van der Waals surface area contributed by atoms with Gasteiger partial charge in [-0.25, -0.2) is 0 Å². The minimum Gasteiger partial charge on any atom is -0.496 e. The highest BCUT2D eigenvalue weighted by molar-refractivity contribution is 14.1. The van der Waals surface area contributed by atoms with Gasteiger partial charge in [-0.3, -0.25) is 4.79 Å². The molecule has 2 rings (SSSR count). The maximum atomic E-state index is 12.4. The lowest BCUT2D eigenvalue weighted by molar-refractivity contribution is 0.0991. The Labute approximate surface area is 141 Å². The number of ketones is 1. The minimum atomic E-state index is -0.0162. The first-order chi connectivity index (χ1) is 9.51. The number of rotatable bonds is 4. The zero-order valence-corrected chi connectivity index (χ0v) is 14.3. The first-order valence-electron chi connectivity index (χ1n) is 5.82. The summed E-state index contributed by atoms with van der Waals surface area (Å²) in [6.07, 6.45) is 0.222. The lowest BCUT2D eigenvalue weighted by Gasteiger charge is -2.09. The van der Waals surface area contributed by atoms with Crippen LogP contribution in [0.1, 0.15) is 15.9 Å². The highest BCUT2D eigenvalue weighted by atomic mass is 127. The molecular formula is C15H11Cl2IO2. The standard InChI is InChI=1S/C15H11Cl2IO2/c1-20-15-5-3-10(16)6-9(15)7-14(19)12-8-11(17)2-4-13(12)18/h2-6,8H,7H2,1H3. The summed E-state index contributed by atoms with van der Waals surface area (Å²) < 4.78 is 6.13. The molecule has 0 atom stereocenters. The predicted octanol–water partition coefficient (Wildman–Crippen LogP) is 5.03. The van der Waals surface area contributed by atoms with E-state index in [0.29, 0.717) is 21.4 Å². The Balaban J connectivity index is 2.32. The van der Waals surface area contributed by atoms with Crippen LogP contribution in [0.3, 0.4) is 0 Å². The Hall–Kier alpha value is -0.780. The second-order valence-corrected chi connectivity index (χ2v) is 6.22. The molecule has 0 heterocycles. The van der Waals surface area contributed by atoms with Crippen molar-refractivity contribution in [3.05, 3.63) is 61.1 Å². The molecule has 0 aliphatic rings. The van der Waals surface area contributed by atoms with E-state index in [1.807, 2.05) is 6.07 Å². The summed E-state index contributed by atoms with van der Waals surface area (Å²) in [7, 11) is 1.57. The fraction of sp³-hybridized carbons (Fsp3) is 0.133. The van der Waals surface area contributed by atoms with Crippen LogP contribution in [0.5, 0.6) is 5.75 Å². The third-order valence-electron chi connectivity index (χ3n) is 2.82. The van der Waals surface area contributed by atoms with Crippen molar-refractivity contribution < 1.29 is 9.53 Å². The third-order valence-corrected chi connectivity index (χ3v) is 4.23. The number of benzene rings is 2. The van der Waals surface area contributed by atoms with Gasteiger partial charge in [0.05, 0.1) is 7.11 Å². The monoisotopic (exact) mass is 420 g/mol. The fourth-order valence-corrected chi connectivity index (χ4v) is 2.87. The van der Waals surface area contributed by atoms with Crippen molar-refractivity contribution in [2.24, 2.45) is 0 Å². The highest BCUT2D eigenvalue weighted by Crippen LogP contribution is 2.26. The molecule has 0 aliphatic heterocycles. The second-order valence-electron chi connectivity index (χ2n) is 4.18. The van der Waals surface area contributed by atoms with E-state index in [-0.39, 0.29) is 12.2 Å². The van der Waals surface area contributed by atoms with Crippen molar-refractivity contribution in [1.82, 2.24) is 0 Å². The van der Waals surface area contributed by atoms with Crippen LogP contribution in [0, 0.1) is 3.57 Å². The lowest BCUT2D eigenvalue weighted by Crippen LogP contribution is -2.07. The van der Waals surface area contributed by atoms with E-state index in [1.54, 1.807) is 37.4 Å². The van der Waals surface area contributed by atoms with E-state index in [0.717, 1.165) is 9.13 Å². The molecule has 0 spiro atoms. The zero-order chi connectivity index (χ0) is 14.7. The Morgan fingerprint density at radius 1 is 1.15 bits per heavy atom. The first-order valence-corrected chi connectivity index (χ1v) is 7.65. The molecule has 104 valence electrons. The van der Waals surface area contributed by atoms with Gasteiger partial charge in [0.1, 0.15) is 5.75 Å². The smallest absolute Gasteiger partial charge is 0.168 e. The molecule has 0 aliphatic carbocycles. The summed E-state index contributed by atoms with van der Waals surface area (Å²) in [5.74, 6) is 0.636. The van der Waals surface area contributed by atoms with Crippen molar-refractivity contribution in [2.45, 2.75) is 6.42 Å². The van der Waals surface area contributed by atoms with Crippen LogP contribution >= 0.6 is 45.8 Å². The molecule has 0 aromatic heterocycles. The van der Waals surface area contributed by atoms with E-state index in [9.17, 15) is 4.79 Å². The second kappa shape index (κ2) is 6.78. The van der Waals surface area contributed by atoms with Crippen molar-refractivity contribution in [1.29, 1.82) is 0 Å². The van der Waals surface area contributed by atoms with Crippen LogP contribution in [0.25, 0.3) is 0 Å². The summed E-state index contributed by atoms with van der Waals surface area (Å²) >= 11 is 14.0. The number of ether oxygens (including phenoxy) is 1. The maximum Gasteiger partial charge on any atom is 0.168 e. The van der Waals surface area contributed by atoms with Crippen molar-refractivity contribution in [3.8, 4) is 5.75 Å². The predicted molar refractivity (Wildman–Crippen MR) is 90.2 cm³/mol. The minimum absolute atomic E-state index is 0.0162. The Kier molecular flexibility index (Phi) is 5.29. The van der Waals surface area contributed by atoms with Crippen LogP contribution < -0.4 is 4.74 Å². The number of carbonyl (C=O) groups excluding carboxylic acids is 1. The van der Waals surface area contributed by atoms with Crippen molar-refractivity contribution in [3.63, 3.8) is 0 Å². The van der Waals surface area contributed by atoms with Gasteiger partial charge in [0, 0.05) is 31.2 Å². The zero-order valence-electron chi connectivity index (χ0n) is 10.6. The normalized spacial score (nSPS) is 10.4. The van der Waals surface area contributed by atoms with Crippen LogP contribution in [0.15, 0.2) is 36.4 Å². The summed E-state index contributed by atoms with van der Waals surface area (Å²) in [4.78, 5) is 12.4. The number of methoxy groups -OCH3 is 1. The van der Waals surface area contributed by atoms with E-state index in [2.05, 4.69) is 22.6 Å². The summed E-state index contributed by atoms with van der Waals surface area (Å²) in [6.45, 7) is 0. The Morgan fingerprint density at radius 3 is 2.50 bits per heavy atom. The molecule has 0 saturated carbocycles. The van der Waals surface area contributed by atoms with Gasteiger partial charge in [0.2, 0.25) is 0 Å². The van der Waals surface area contributed by atoms with Crippen LogP contribution in [0.2, 0.25) is 10.0 Å². The number of hydrogen-bond acceptors (Lipinski definition) is 2. The molecule has 0 radical (unpaired) electrons. The summed E-state index contributed by atoms with van der Waals surface area (Å²) in [5, 5.41) is 1.13. The molecule has 2 aromatic carbocycles. The molecule has 0 saturated heterocycles. The van der Waals surface area contributed by atoms with Gasteiger partial charge in [-0.2, -0.15) is 0 Å². The molecule has 0 unspecified atom stereocenters. The maximum absolute atomic E-state index is 12.4. The number of halogens is 3. The van der Waals surface area contributed by atoms with Crippen molar-refractivity contribution in [2.75, 3.05) is 7.11 Å². The first kappa shape index (κ1) is 15.6. The van der Waals surface area contributed by atoms with E-state index in [4.69, 9.17) is 27.9 Å². The fourth-order valence-electron chi connectivity index (χ4n) is 1.86. The number of Topliss-reactive ketones (excluding diaryl/α,β-unsaturated/α-hetero) is 1. The molecule has 0 fully saturated rings. The van der Waals surface area contributed by atoms with Gasteiger partial charge < -0.3 is 4.74 Å². The van der Waals surface area contributed by atoms with Gasteiger partial charge in [-0.15, -0.1) is 0 Å². The largest absolute Gasteiger partial charge is 0.496 e. The van der Waals surface area contributed by atoms with Gasteiger partial charge in [0.15, 0.2) is 5.78 Å². The Morgan fingerprint density at radius 2 is 1.80 bits per heavy atom. The highest BCUT2D eigenvalue weighted by Gasteiger charge is 2.14. The molecule has 0 N–H and O–H groups in total. The topological polar surface area (TPSA) is 26.3 Å². The average Bonchev–Trinajstić information content (AvgIpc) is 2.41. The van der Waals surface area contributed by atoms with Crippen molar-refractivity contribution >= 4 is 51.6 Å². The SMILES string of the molecule is COc1ccc(Cl)cc1CC(=O)c1cc(Cl)ccc1I. The molecule has 5 heteroatoms. The average molecular weight is 421 g/mol. The lowest BCUT2D eigenvalue weighted by atomic mass is 10.0. The van der Waals surface area contributed by atoms with E-state index >= 15 is 0 Å². The van der Waals surface area contributed by atoms with Crippen LogP contribution in [-0.2, 0) is 6.42 Å². The number of carbonyl (C=O) groups is 1. The summed E-state index contributed by atoms with van der Waals surface area (Å²) in [6, 6.07) is 10.5. The van der Waals surface area contributed by atoms with Gasteiger partial charge in [-0.05, 0) is 59.0 Å². The summed E-state index contributed by atoms with van der Waals surface area (Å²) in [5.41, 5.74) is 1.38. The van der Waals surface area contributed by atoms with E-state index < -0.39 is 0 Å². The molecular weight excluding hydrogens is 410 g/mol. The quantitative estimate of drug-likeness (QED) is 0.512. The van der Waals surface area contributed by atoms with Gasteiger partial charge in [-0.1, -0.05) is 23.2 Å².